The Bertz CT molecular complexity index is 392. The summed E-state index contributed by atoms with van der Waals surface area (Å²) in [5.41, 5.74) is 8.76. The standard InChI is InChI=1S/C16H26N2O/c1-13(2)12-19-16(9-17)11-18-8-7-14-5-3-4-6-15(14)10-18/h3-6,13,16H,7-12,17H2,1-2H3/t16-/m0/s1. The minimum absolute atomic E-state index is 0.160. The van der Waals surface area contributed by atoms with Crippen LogP contribution in [0.5, 0.6) is 0 Å². The predicted molar refractivity (Wildman–Crippen MR) is 79.1 cm³/mol. The number of fused-ring (bicyclic) bond motifs is 1. The Morgan fingerprint density at radius 3 is 2.68 bits per heavy atom. The van der Waals surface area contributed by atoms with Gasteiger partial charge in [-0.3, -0.25) is 4.90 Å². The summed E-state index contributed by atoms with van der Waals surface area (Å²) in [7, 11) is 0. The van der Waals surface area contributed by atoms with E-state index in [1.54, 1.807) is 0 Å². The van der Waals surface area contributed by atoms with Gasteiger partial charge in [0.2, 0.25) is 0 Å². The van der Waals surface area contributed by atoms with Crippen molar-refractivity contribution in [2.24, 2.45) is 11.7 Å². The summed E-state index contributed by atoms with van der Waals surface area (Å²) in [4.78, 5) is 2.46. The highest BCUT2D eigenvalue weighted by Gasteiger charge is 2.19. The van der Waals surface area contributed by atoms with Gasteiger partial charge in [-0.05, 0) is 23.5 Å². The summed E-state index contributed by atoms with van der Waals surface area (Å²) in [5, 5.41) is 0. The maximum Gasteiger partial charge on any atom is 0.0824 e. The van der Waals surface area contributed by atoms with Crippen LogP contribution in [0.2, 0.25) is 0 Å². The van der Waals surface area contributed by atoms with Crippen LogP contribution in [0.3, 0.4) is 0 Å². The van der Waals surface area contributed by atoms with E-state index in [4.69, 9.17) is 10.5 Å². The molecule has 2 N–H and O–H groups in total. The first-order valence-electron chi connectivity index (χ1n) is 7.30. The Balaban J connectivity index is 1.86. The zero-order valence-corrected chi connectivity index (χ0v) is 12.1. The van der Waals surface area contributed by atoms with E-state index < -0.39 is 0 Å². The Morgan fingerprint density at radius 1 is 1.26 bits per heavy atom. The largest absolute Gasteiger partial charge is 0.375 e. The van der Waals surface area contributed by atoms with Crippen molar-refractivity contribution < 1.29 is 4.74 Å². The fraction of sp³-hybridized carbons (Fsp3) is 0.625. The molecule has 2 rings (SSSR count). The van der Waals surface area contributed by atoms with Crippen molar-refractivity contribution in [3.63, 3.8) is 0 Å². The number of rotatable bonds is 6. The van der Waals surface area contributed by atoms with Crippen molar-refractivity contribution in [1.29, 1.82) is 0 Å². The molecule has 1 heterocycles. The van der Waals surface area contributed by atoms with Crippen LogP contribution in [0.1, 0.15) is 25.0 Å². The van der Waals surface area contributed by atoms with Crippen LogP contribution in [0.25, 0.3) is 0 Å². The van der Waals surface area contributed by atoms with Gasteiger partial charge < -0.3 is 10.5 Å². The maximum absolute atomic E-state index is 5.88. The molecule has 0 unspecified atom stereocenters. The highest BCUT2D eigenvalue weighted by Crippen LogP contribution is 2.18. The lowest BCUT2D eigenvalue weighted by Gasteiger charge is -2.31. The van der Waals surface area contributed by atoms with Gasteiger partial charge in [-0.1, -0.05) is 38.1 Å². The molecule has 0 aromatic heterocycles. The van der Waals surface area contributed by atoms with Crippen molar-refractivity contribution >= 4 is 0 Å². The smallest absolute Gasteiger partial charge is 0.0824 e. The predicted octanol–water partition coefficient (Wildman–Crippen LogP) is 2.04. The maximum atomic E-state index is 5.88. The van der Waals surface area contributed by atoms with Crippen LogP contribution in [-0.2, 0) is 17.7 Å². The van der Waals surface area contributed by atoms with Crippen molar-refractivity contribution in [1.82, 2.24) is 4.90 Å². The van der Waals surface area contributed by atoms with Crippen LogP contribution in [0.15, 0.2) is 24.3 Å². The third-order valence-electron chi connectivity index (χ3n) is 3.60. The van der Waals surface area contributed by atoms with E-state index in [2.05, 4.69) is 43.0 Å². The molecular formula is C16H26N2O. The average Bonchev–Trinajstić information content (AvgIpc) is 2.43. The second kappa shape index (κ2) is 7.04. The van der Waals surface area contributed by atoms with Crippen molar-refractivity contribution in [2.45, 2.75) is 32.9 Å². The minimum atomic E-state index is 0.160. The van der Waals surface area contributed by atoms with Gasteiger partial charge in [0, 0.05) is 32.8 Å². The molecule has 3 heteroatoms. The molecule has 19 heavy (non-hydrogen) atoms. The topological polar surface area (TPSA) is 38.5 Å². The Hall–Kier alpha value is -0.900. The number of hydrogen-bond donors (Lipinski definition) is 1. The molecule has 0 bridgehead atoms. The second-order valence-corrected chi connectivity index (χ2v) is 5.84. The van der Waals surface area contributed by atoms with E-state index in [0.717, 1.165) is 32.7 Å². The number of nitrogens with two attached hydrogens (primary N) is 1. The zero-order chi connectivity index (χ0) is 13.7. The van der Waals surface area contributed by atoms with Gasteiger partial charge in [-0.2, -0.15) is 0 Å². The molecule has 1 aromatic carbocycles. The summed E-state index contributed by atoms with van der Waals surface area (Å²) >= 11 is 0. The van der Waals surface area contributed by atoms with Crippen LogP contribution < -0.4 is 5.73 Å². The Kier molecular flexibility index (Phi) is 5.37. The van der Waals surface area contributed by atoms with Crippen molar-refractivity contribution in [2.75, 3.05) is 26.2 Å². The van der Waals surface area contributed by atoms with E-state index >= 15 is 0 Å². The number of hydrogen-bond acceptors (Lipinski definition) is 3. The van der Waals surface area contributed by atoms with Gasteiger partial charge in [0.15, 0.2) is 0 Å². The molecular weight excluding hydrogens is 236 g/mol. The molecule has 1 aromatic rings. The molecule has 0 saturated heterocycles. The van der Waals surface area contributed by atoms with E-state index in [0.29, 0.717) is 12.5 Å². The monoisotopic (exact) mass is 262 g/mol. The fourth-order valence-electron chi connectivity index (χ4n) is 2.52. The Morgan fingerprint density at radius 2 is 2.00 bits per heavy atom. The molecule has 0 radical (unpaired) electrons. The molecule has 1 aliphatic heterocycles. The summed E-state index contributed by atoms with van der Waals surface area (Å²) in [6, 6.07) is 8.72. The first-order valence-corrected chi connectivity index (χ1v) is 7.30. The molecule has 3 nitrogen and oxygen atoms in total. The lowest BCUT2D eigenvalue weighted by Crippen LogP contribution is -2.41. The minimum Gasteiger partial charge on any atom is -0.375 e. The van der Waals surface area contributed by atoms with Gasteiger partial charge in [0.1, 0.15) is 0 Å². The van der Waals surface area contributed by atoms with Gasteiger partial charge in [-0.15, -0.1) is 0 Å². The zero-order valence-electron chi connectivity index (χ0n) is 12.1. The third kappa shape index (κ3) is 4.30. The lowest BCUT2D eigenvalue weighted by molar-refractivity contribution is 0.0149. The molecule has 1 aliphatic rings. The first-order chi connectivity index (χ1) is 9.19. The first kappa shape index (κ1) is 14.5. The normalized spacial score (nSPS) is 17.5. The van der Waals surface area contributed by atoms with E-state index in [1.165, 1.54) is 11.1 Å². The van der Waals surface area contributed by atoms with E-state index in [-0.39, 0.29) is 6.10 Å². The van der Waals surface area contributed by atoms with Crippen LogP contribution in [0, 0.1) is 5.92 Å². The number of nitrogens with zero attached hydrogens (tertiary/aromatic N) is 1. The van der Waals surface area contributed by atoms with Gasteiger partial charge >= 0.3 is 0 Å². The highest BCUT2D eigenvalue weighted by molar-refractivity contribution is 5.29. The highest BCUT2D eigenvalue weighted by atomic mass is 16.5. The van der Waals surface area contributed by atoms with E-state index in [9.17, 15) is 0 Å². The van der Waals surface area contributed by atoms with Gasteiger partial charge in [0.05, 0.1) is 6.10 Å². The van der Waals surface area contributed by atoms with Crippen LogP contribution in [-0.4, -0.2) is 37.2 Å². The number of ether oxygens (including phenoxy) is 1. The average molecular weight is 262 g/mol. The second-order valence-electron chi connectivity index (χ2n) is 5.84. The SMILES string of the molecule is CC(C)CO[C@@H](CN)CN1CCc2ccccc2C1. The summed E-state index contributed by atoms with van der Waals surface area (Å²) in [6.07, 6.45) is 1.30. The molecule has 1 atom stereocenters. The Labute approximate surface area is 116 Å². The quantitative estimate of drug-likeness (QED) is 0.852. The van der Waals surface area contributed by atoms with Crippen LogP contribution in [0.4, 0.5) is 0 Å². The molecule has 0 aliphatic carbocycles. The lowest BCUT2D eigenvalue weighted by atomic mass is 10.00. The molecule has 0 amide bonds. The van der Waals surface area contributed by atoms with Gasteiger partial charge in [-0.25, -0.2) is 0 Å². The summed E-state index contributed by atoms with van der Waals surface area (Å²) < 4.78 is 5.88. The summed E-state index contributed by atoms with van der Waals surface area (Å²) in [5.74, 6) is 0.566. The van der Waals surface area contributed by atoms with Crippen molar-refractivity contribution in [3.8, 4) is 0 Å². The molecule has 0 spiro atoms. The molecule has 106 valence electrons. The van der Waals surface area contributed by atoms with Gasteiger partial charge in [0.25, 0.3) is 0 Å². The third-order valence-corrected chi connectivity index (χ3v) is 3.60. The van der Waals surface area contributed by atoms with Crippen LogP contribution >= 0.6 is 0 Å². The van der Waals surface area contributed by atoms with Crippen molar-refractivity contribution in [3.05, 3.63) is 35.4 Å². The number of benzene rings is 1. The van der Waals surface area contributed by atoms with E-state index in [1.807, 2.05) is 0 Å². The summed E-state index contributed by atoms with van der Waals surface area (Å²) in [6.45, 7) is 8.82. The fourth-order valence-corrected chi connectivity index (χ4v) is 2.52. The molecule has 0 fully saturated rings. The molecule has 0 saturated carbocycles.